The number of H-pyrrole nitrogens is 1. The third-order valence-corrected chi connectivity index (χ3v) is 2.51. The van der Waals surface area contributed by atoms with Gasteiger partial charge in [-0.2, -0.15) is 5.10 Å². The largest absolute Gasteiger partial charge is 0.390 e. The smallest absolute Gasteiger partial charge is 0.0953 e. The third-order valence-electron chi connectivity index (χ3n) is 2.51. The van der Waals surface area contributed by atoms with Crippen LogP contribution in [0, 0.1) is 13.8 Å². The van der Waals surface area contributed by atoms with E-state index in [0.29, 0.717) is 5.69 Å². The normalized spacial score (nSPS) is 10.6. The highest BCUT2D eigenvalue weighted by Gasteiger charge is 2.08. The molecule has 0 aliphatic carbocycles. The molecule has 0 fully saturated rings. The van der Waals surface area contributed by atoms with Crippen LogP contribution in [-0.2, 0) is 6.61 Å². The zero-order chi connectivity index (χ0) is 10.8. The predicted molar refractivity (Wildman–Crippen MR) is 57.2 cm³/mol. The van der Waals surface area contributed by atoms with Crippen LogP contribution in [0.2, 0.25) is 0 Å². The summed E-state index contributed by atoms with van der Waals surface area (Å²) in [6.45, 7) is 3.96. The molecule has 0 amide bonds. The molecule has 2 N–H and O–H groups in total. The summed E-state index contributed by atoms with van der Waals surface area (Å²) < 4.78 is 0. The maximum atomic E-state index is 8.99. The molecule has 0 saturated heterocycles. The van der Waals surface area contributed by atoms with Crippen LogP contribution in [0.15, 0.2) is 18.3 Å². The first kappa shape index (κ1) is 9.86. The second kappa shape index (κ2) is 3.82. The van der Waals surface area contributed by atoms with Gasteiger partial charge < -0.3 is 5.11 Å². The predicted octanol–water partition coefficient (Wildman–Crippen LogP) is 1.58. The van der Waals surface area contributed by atoms with Crippen LogP contribution < -0.4 is 0 Å². The first-order chi connectivity index (χ1) is 7.22. The Morgan fingerprint density at radius 3 is 2.80 bits per heavy atom. The van der Waals surface area contributed by atoms with Crippen molar-refractivity contribution in [1.82, 2.24) is 15.2 Å². The van der Waals surface area contributed by atoms with Crippen LogP contribution in [-0.4, -0.2) is 20.3 Å². The Labute approximate surface area is 88.0 Å². The maximum Gasteiger partial charge on any atom is 0.0953 e. The molecule has 0 saturated carbocycles. The van der Waals surface area contributed by atoms with E-state index in [9.17, 15) is 0 Å². The quantitative estimate of drug-likeness (QED) is 0.779. The Hall–Kier alpha value is -1.68. The number of nitrogens with zero attached hydrogens (tertiary/aromatic N) is 2. The van der Waals surface area contributed by atoms with Crippen molar-refractivity contribution in [2.24, 2.45) is 0 Å². The molecule has 2 aromatic rings. The first-order valence-electron chi connectivity index (χ1n) is 4.80. The van der Waals surface area contributed by atoms with Gasteiger partial charge in [-0.1, -0.05) is 0 Å². The van der Waals surface area contributed by atoms with Crippen LogP contribution in [0.3, 0.4) is 0 Å². The number of aliphatic hydroxyl groups is 1. The molecule has 0 atom stereocenters. The minimum absolute atomic E-state index is 0.0453. The van der Waals surface area contributed by atoms with E-state index in [0.717, 1.165) is 22.5 Å². The van der Waals surface area contributed by atoms with Gasteiger partial charge in [0.25, 0.3) is 0 Å². The first-order valence-corrected chi connectivity index (χ1v) is 4.80. The lowest BCUT2D eigenvalue weighted by molar-refractivity contribution is 0.277. The molecule has 4 heteroatoms. The summed E-state index contributed by atoms with van der Waals surface area (Å²) in [6.07, 6.45) is 1.68. The Kier molecular flexibility index (Phi) is 2.51. The minimum atomic E-state index is -0.0453. The van der Waals surface area contributed by atoms with Gasteiger partial charge in [0.15, 0.2) is 0 Å². The fourth-order valence-electron chi connectivity index (χ4n) is 1.48. The fourth-order valence-corrected chi connectivity index (χ4v) is 1.48. The van der Waals surface area contributed by atoms with Crippen LogP contribution in [0.4, 0.5) is 0 Å². The van der Waals surface area contributed by atoms with Gasteiger partial charge in [-0.25, -0.2) is 0 Å². The molecule has 0 aromatic carbocycles. The molecular weight excluding hydrogens is 190 g/mol. The Morgan fingerprint density at radius 2 is 2.20 bits per heavy atom. The molecule has 15 heavy (non-hydrogen) atoms. The molecule has 0 radical (unpaired) electrons. The lowest BCUT2D eigenvalue weighted by atomic mass is 10.1. The highest BCUT2D eigenvalue weighted by Crippen LogP contribution is 2.22. The maximum absolute atomic E-state index is 8.99. The van der Waals surface area contributed by atoms with Crippen molar-refractivity contribution in [3.63, 3.8) is 0 Å². The molecule has 2 rings (SSSR count). The molecule has 2 aromatic heterocycles. The third kappa shape index (κ3) is 1.76. The van der Waals surface area contributed by atoms with Gasteiger partial charge in [-0.05, 0) is 31.5 Å². The van der Waals surface area contributed by atoms with Gasteiger partial charge in [-0.15, -0.1) is 0 Å². The Bertz CT molecular complexity index is 476. The van der Waals surface area contributed by atoms with E-state index in [-0.39, 0.29) is 6.61 Å². The lowest BCUT2D eigenvalue weighted by Gasteiger charge is -2.00. The van der Waals surface area contributed by atoms with Gasteiger partial charge in [0.2, 0.25) is 0 Å². The summed E-state index contributed by atoms with van der Waals surface area (Å²) in [5.74, 6) is 0. The van der Waals surface area contributed by atoms with Crippen molar-refractivity contribution in [1.29, 1.82) is 0 Å². The topological polar surface area (TPSA) is 61.8 Å². The second-order valence-corrected chi connectivity index (χ2v) is 3.52. The van der Waals surface area contributed by atoms with E-state index >= 15 is 0 Å². The van der Waals surface area contributed by atoms with Crippen LogP contribution in [0.25, 0.3) is 11.3 Å². The van der Waals surface area contributed by atoms with Crippen molar-refractivity contribution in [2.45, 2.75) is 20.5 Å². The number of aryl methyl sites for hydroxylation is 1. The zero-order valence-electron chi connectivity index (χ0n) is 8.78. The Balaban J connectivity index is 2.49. The highest BCUT2D eigenvalue weighted by molar-refractivity contribution is 5.63. The number of pyridine rings is 1. The Morgan fingerprint density at radius 1 is 1.40 bits per heavy atom. The molecule has 4 nitrogen and oxygen atoms in total. The standard InChI is InChI=1S/C11H13N3O/c1-7-8(2)13-14-11(7)9-3-4-12-10(5-9)6-15/h3-5,15H,6H2,1-2H3,(H,13,14). The second-order valence-electron chi connectivity index (χ2n) is 3.52. The van der Waals surface area contributed by atoms with E-state index in [1.807, 2.05) is 26.0 Å². The number of rotatable bonds is 2. The summed E-state index contributed by atoms with van der Waals surface area (Å²) in [4.78, 5) is 4.03. The van der Waals surface area contributed by atoms with E-state index in [1.165, 1.54) is 0 Å². The number of aliphatic hydroxyl groups excluding tert-OH is 1. The van der Waals surface area contributed by atoms with Crippen molar-refractivity contribution >= 4 is 0 Å². The summed E-state index contributed by atoms with van der Waals surface area (Å²) in [5.41, 5.74) is 4.76. The van der Waals surface area contributed by atoms with Gasteiger partial charge in [0.05, 0.1) is 18.0 Å². The van der Waals surface area contributed by atoms with Crippen molar-refractivity contribution < 1.29 is 5.11 Å². The number of hydrogen-bond donors (Lipinski definition) is 2. The van der Waals surface area contributed by atoms with Crippen molar-refractivity contribution in [3.8, 4) is 11.3 Å². The van der Waals surface area contributed by atoms with Gasteiger partial charge in [-0.3, -0.25) is 10.1 Å². The molecule has 78 valence electrons. The molecule has 0 unspecified atom stereocenters. The van der Waals surface area contributed by atoms with E-state index in [1.54, 1.807) is 6.20 Å². The molecule has 2 heterocycles. The number of nitrogens with one attached hydrogen (secondary N) is 1. The van der Waals surface area contributed by atoms with Crippen LogP contribution in [0.5, 0.6) is 0 Å². The molecular formula is C11H13N3O. The lowest BCUT2D eigenvalue weighted by Crippen LogP contribution is -1.90. The SMILES string of the molecule is Cc1[nH]nc(-c2ccnc(CO)c2)c1C. The van der Waals surface area contributed by atoms with Gasteiger partial charge >= 0.3 is 0 Å². The minimum Gasteiger partial charge on any atom is -0.390 e. The molecule has 0 aliphatic rings. The van der Waals surface area contributed by atoms with Crippen molar-refractivity contribution in [2.75, 3.05) is 0 Å². The van der Waals surface area contributed by atoms with E-state index < -0.39 is 0 Å². The van der Waals surface area contributed by atoms with Gasteiger partial charge in [0.1, 0.15) is 0 Å². The monoisotopic (exact) mass is 203 g/mol. The zero-order valence-corrected chi connectivity index (χ0v) is 8.78. The molecule has 0 spiro atoms. The van der Waals surface area contributed by atoms with E-state index in [4.69, 9.17) is 5.11 Å². The molecule has 0 bridgehead atoms. The summed E-state index contributed by atoms with van der Waals surface area (Å²) in [7, 11) is 0. The van der Waals surface area contributed by atoms with Crippen LogP contribution >= 0.6 is 0 Å². The number of hydrogen-bond acceptors (Lipinski definition) is 3. The average molecular weight is 203 g/mol. The summed E-state index contributed by atoms with van der Waals surface area (Å²) >= 11 is 0. The number of aromatic nitrogens is 3. The van der Waals surface area contributed by atoms with Gasteiger partial charge in [0, 0.05) is 17.5 Å². The fraction of sp³-hybridized carbons (Fsp3) is 0.273. The average Bonchev–Trinajstić information content (AvgIpc) is 2.60. The number of aromatic amines is 1. The van der Waals surface area contributed by atoms with E-state index in [2.05, 4.69) is 15.2 Å². The van der Waals surface area contributed by atoms with Crippen molar-refractivity contribution in [3.05, 3.63) is 35.3 Å². The summed E-state index contributed by atoms with van der Waals surface area (Å²) in [5, 5.41) is 16.2. The highest BCUT2D eigenvalue weighted by atomic mass is 16.3. The molecule has 0 aliphatic heterocycles. The van der Waals surface area contributed by atoms with Crippen LogP contribution in [0.1, 0.15) is 17.0 Å². The summed E-state index contributed by atoms with van der Waals surface area (Å²) in [6, 6.07) is 3.74.